The predicted molar refractivity (Wildman–Crippen MR) is 132 cm³/mol. The van der Waals surface area contributed by atoms with Crippen LogP contribution >= 0.6 is 0 Å². The van der Waals surface area contributed by atoms with Crippen LogP contribution in [0.2, 0.25) is 0 Å². The molecule has 0 heterocycles. The minimum atomic E-state index is -0.653. The lowest BCUT2D eigenvalue weighted by atomic mass is 9.84. The van der Waals surface area contributed by atoms with Crippen molar-refractivity contribution in [3.05, 3.63) is 53.8 Å². The molecule has 0 spiro atoms. The van der Waals surface area contributed by atoms with E-state index in [0.717, 1.165) is 68.4 Å². The Balaban J connectivity index is 1.46. The maximum atomic E-state index is 14.6. The molecule has 4 heteroatoms. The fourth-order valence-electron chi connectivity index (χ4n) is 4.71. The average Bonchev–Trinajstić information content (AvgIpc) is 2.81. The van der Waals surface area contributed by atoms with Crippen LogP contribution in [0.15, 0.2) is 42.5 Å². The van der Waals surface area contributed by atoms with Crippen molar-refractivity contribution in [3.8, 4) is 16.9 Å². The number of carbonyl (C=O) groups excluding carboxylic acids is 1. The van der Waals surface area contributed by atoms with Crippen LogP contribution < -0.4 is 4.74 Å². The molecule has 1 aliphatic rings. The third-order valence-electron chi connectivity index (χ3n) is 6.74. The van der Waals surface area contributed by atoms with Gasteiger partial charge in [0.1, 0.15) is 17.7 Å². The van der Waals surface area contributed by atoms with Gasteiger partial charge in [-0.25, -0.2) is 9.18 Å². The highest BCUT2D eigenvalue weighted by molar-refractivity contribution is 5.67. The number of unbranched alkanes of at least 4 members (excludes halogenated alkanes) is 4. The van der Waals surface area contributed by atoms with Gasteiger partial charge in [-0.3, -0.25) is 0 Å². The molecule has 2 aromatic carbocycles. The Kier molecular flexibility index (Phi) is 10.2. The van der Waals surface area contributed by atoms with E-state index in [9.17, 15) is 9.18 Å². The van der Waals surface area contributed by atoms with Crippen LogP contribution in [-0.4, -0.2) is 12.3 Å². The smallest absolute Gasteiger partial charge is 0.431 e. The number of hydrogen-bond acceptors (Lipinski definition) is 3. The normalized spacial score (nSPS) is 18.2. The number of ether oxygens (including phenoxy) is 2. The zero-order chi connectivity index (χ0) is 23.5. The van der Waals surface area contributed by atoms with E-state index in [-0.39, 0.29) is 11.9 Å². The fourth-order valence-corrected chi connectivity index (χ4v) is 4.71. The molecule has 0 amide bonds. The van der Waals surface area contributed by atoms with Crippen molar-refractivity contribution in [1.82, 2.24) is 0 Å². The molecule has 3 rings (SSSR count). The van der Waals surface area contributed by atoms with E-state index in [1.165, 1.54) is 25.7 Å². The SMILES string of the molecule is CCCCCc1ccc(-c2ccc(OC(=O)OC3CCC(CCCCC)CC3)cc2)c(F)c1. The van der Waals surface area contributed by atoms with Crippen molar-refractivity contribution in [3.63, 3.8) is 0 Å². The van der Waals surface area contributed by atoms with Gasteiger partial charge in [-0.05, 0) is 73.8 Å². The standard InChI is InChI=1S/C29H39FO3/c1-3-5-7-9-22-11-16-25(17-12-22)32-29(31)33-26-18-14-24(15-19-26)27-20-13-23(21-28(27)30)10-8-6-4-2/h13-15,18-22,25H,3-12,16-17H2,1-2H3. The Labute approximate surface area is 198 Å². The molecular weight excluding hydrogens is 415 g/mol. The monoisotopic (exact) mass is 454 g/mol. The summed E-state index contributed by atoms with van der Waals surface area (Å²) in [5.74, 6) is 0.960. The summed E-state index contributed by atoms with van der Waals surface area (Å²) >= 11 is 0. The van der Waals surface area contributed by atoms with Crippen molar-refractivity contribution in [2.24, 2.45) is 5.92 Å². The molecule has 0 N–H and O–H groups in total. The quantitative estimate of drug-likeness (QED) is 0.193. The molecule has 3 nitrogen and oxygen atoms in total. The number of hydrogen-bond donors (Lipinski definition) is 0. The van der Waals surface area contributed by atoms with Gasteiger partial charge in [0.2, 0.25) is 0 Å². The molecule has 0 unspecified atom stereocenters. The Morgan fingerprint density at radius 3 is 2.27 bits per heavy atom. The third kappa shape index (κ3) is 8.17. The summed E-state index contributed by atoms with van der Waals surface area (Å²) in [6, 6.07) is 12.4. The van der Waals surface area contributed by atoms with Crippen molar-refractivity contribution in [1.29, 1.82) is 0 Å². The Morgan fingerprint density at radius 2 is 1.61 bits per heavy atom. The second-order valence-electron chi connectivity index (χ2n) is 9.40. The first-order valence-electron chi connectivity index (χ1n) is 12.9. The molecule has 33 heavy (non-hydrogen) atoms. The number of carbonyl (C=O) groups is 1. The molecule has 1 saturated carbocycles. The molecule has 0 saturated heterocycles. The summed E-state index contributed by atoms with van der Waals surface area (Å²) in [5, 5.41) is 0. The van der Waals surface area contributed by atoms with E-state index in [2.05, 4.69) is 13.8 Å². The van der Waals surface area contributed by atoms with Crippen molar-refractivity contribution >= 4 is 6.16 Å². The second kappa shape index (κ2) is 13.4. The van der Waals surface area contributed by atoms with Gasteiger partial charge >= 0.3 is 6.16 Å². The molecule has 0 bridgehead atoms. The van der Waals surface area contributed by atoms with Crippen molar-refractivity contribution in [2.45, 2.75) is 97.0 Å². The van der Waals surface area contributed by atoms with Crippen LogP contribution in [0.4, 0.5) is 9.18 Å². The molecule has 1 aliphatic carbocycles. The summed E-state index contributed by atoms with van der Waals surface area (Å²) in [6.07, 6.45) is 12.8. The Morgan fingerprint density at radius 1 is 0.909 bits per heavy atom. The summed E-state index contributed by atoms with van der Waals surface area (Å²) in [6.45, 7) is 4.39. The summed E-state index contributed by atoms with van der Waals surface area (Å²) in [7, 11) is 0. The lowest BCUT2D eigenvalue weighted by Gasteiger charge is -2.27. The van der Waals surface area contributed by atoms with Gasteiger partial charge in [0.25, 0.3) is 0 Å². The van der Waals surface area contributed by atoms with Crippen molar-refractivity contribution < 1.29 is 18.7 Å². The minimum Gasteiger partial charge on any atom is -0.431 e. The van der Waals surface area contributed by atoms with Gasteiger partial charge in [0.15, 0.2) is 0 Å². The highest BCUT2D eigenvalue weighted by atomic mass is 19.1. The van der Waals surface area contributed by atoms with Gasteiger partial charge in [0.05, 0.1) is 0 Å². The molecule has 2 aromatic rings. The minimum absolute atomic E-state index is 0.0517. The number of rotatable bonds is 11. The first-order chi connectivity index (χ1) is 16.1. The van der Waals surface area contributed by atoms with E-state index in [1.807, 2.05) is 12.1 Å². The maximum Gasteiger partial charge on any atom is 0.514 e. The van der Waals surface area contributed by atoms with E-state index < -0.39 is 6.16 Å². The van der Waals surface area contributed by atoms with Crippen molar-refractivity contribution in [2.75, 3.05) is 0 Å². The van der Waals surface area contributed by atoms with Crippen LogP contribution in [0.25, 0.3) is 11.1 Å². The Bertz CT molecular complexity index is 854. The van der Waals surface area contributed by atoms with Crippen LogP contribution in [0, 0.1) is 11.7 Å². The number of aryl methyl sites for hydroxylation is 1. The topological polar surface area (TPSA) is 35.5 Å². The fraction of sp³-hybridized carbons (Fsp3) is 0.552. The molecule has 1 fully saturated rings. The van der Waals surface area contributed by atoms with E-state index in [1.54, 1.807) is 30.3 Å². The lowest BCUT2D eigenvalue weighted by molar-refractivity contribution is 0.0329. The molecule has 0 aromatic heterocycles. The van der Waals surface area contributed by atoms with Gasteiger partial charge in [-0.15, -0.1) is 0 Å². The van der Waals surface area contributed by atoms with E-state index in [4.69, 9.17) is 9.47 Å². The average molecular weight is 455 g/mol. The maximum absolute atomic E-state index is 14.6. The lowest BCUT2D eigenvalue weighted by Crippen LogP contribution is -2.26. The molecule has 0 atom stereocenters. The third-order valence-corrected chi connectivity index (χ3v) is 6.74. The van der Waals surface area contributed by atoms with Crippen LogP contribution in [0.3, 0.4) is 0 Å². The van der Waals surface area contributed by atoms with E-state index in [0.29, 0.717) is 11.3 Å². The zero-order valence-electron chi connectivity index (χ0n) is 20.3. The van der Waals surface area contributed by atoms with Gasteiger partial charge < -0.3 is 9.47 Å². The van der Waals surface area contributed by atoms with Crippen LogP contribution in [0.1, 0.15) is 90.0 Å². The van der Waals surface area contributed by atoms with Gasteiger partial charge in [0, 0.05) is 5.56 Å². The Hall–Kier alpha value is -2.36. The molecule has 180 valence electrons. The van der Waals surface area contributed by atoms with Crippen LogP contribution in [0.5, 0.6) is 5.75 Å². The summed E-state index contributed by atoms with van der Waals surface area (Å²) < 4.78 is 25.5. The molecule has 0 radical (unpaired) electrons. The summed E-state index contributed by atoms with van der Waals surface area (Å²) in [5.41, 5.74) is 2.34. The second-order valence-corrected chi connectivity index (χ2v) is 9.40. The predicted octanol–water partition coefficient (Wildman–Crippen LogP) is 8.88. The summed E-state index contributed by atoms with van der Waals surface area (Å²) in [4.78, 5) is 12.2. The van der Waals surface area contributed by atoms with Gasteiger partial charge in [-0.1, -0.05) is 76.6 Å². The largest absolute Gasteiger partial charge is 0.514 e. The first-order valence-corrected chi connectivity index (χ1v) is 12.9. The zero-order valence-corrected chi connectivity index (χ0v) is 20.3. The number of benzene rings is 2. The highest BCUT2D eigenvalue weighted by Crippen LogP contribution is 2.31. The van der Waals surface area contributed by atoms with E-state index >= 15 is 0 Å². The number of halogens is 1. The van der Waals surface area contributed by atoms with Crippen LogP contribution in [-0.2, 0) is 11.2 Å². The van der Waals surface area contributed by atoms with Gasteiger partial charge in [-0.2, -0.15) is 0 Å². The first kappa shape index (κ1) is 25.3. The highest BCUT2D eigenvalue weighted by Gasteiger charge is 2.24. The molecule has 0 aliphatic heterocycles. The molecular formula is C29H39FO3.